The fourth-order valence-electron chi connectivity index (χ4n) is 2.96. The minimum absolute atomic E-state index is 0.381. The summed E-state index contributed by atoms with van der Waals surface area (Å²) in [5, 5.41) is 7.41. The zero-order valence-electron chi connectivity index (χ0n) is 10.1. The lowest BCUT2D eigenvalue weighted by atomic mass is 9.99. The molecule has 2 N–H and O–H groups in total. The Morgan fingerprint density at radius 1 is 1.13 bits per heavy atom. The summed E-state index contributed by atoms with van der Waals surface area (Å²) in [4.78, 5) is 0. The van der Waals surface area contributed by atoms with Gasteiger partial charge in [0.1, 0.15) is 0 Å². The van der Waals surface area contributed by atoms with Crippen LogP contribution in [0.3, 0.4) is 0 Å². The Balaban J connectivity index is 1.71. The fourth-order valence-corrected chi connectivity index (χ4v) is 2.96. The van der Waals surface area contributed by atoms with Crippen LogP contribution in [0.2, 0.25) is 0 Å². The Morgan fingerprint density at radius 2 is 1.87 bits per heavy atom. The summed E-state index contributed by atoms with van der Waals surface area (Å²) in [5.41, 5.74) is 0.381. The Hall–Kier alpha value is -0.0800. The first-order valence-corrected chi connectivity index (χ1v) is 6.77. The van der Waals surface area contributed by atoms with Gasteiger partial charge >= 0.3 is 0 Å². The van der Waals surface area contributed by atoms with Gasteiger partial charge in [0.2, 0.25) is 0 Å². The quantitative estimate of drug-likeness (QED) is 0.699. The van der Waals surface area contributed by atoms with Crippen LogP contribution in [0, 0.1) is 0 Å². The van der Waals surface area contributed by atoms with E-state index in [4.69, 9.17) is 0 Å². The average Bonchev–Trinajstić information content (AvgIpc) is 2.53. The van der Waals surface area contributed by atoms with Crippen molar-refractivity contribution >= 4 is 0 Å². The molecule has 1 aliphatic heterocycles. The number of rotatable bonds is 3. The van der Waals surface area contributed by atoms with Crippen molar-refractivity contribution in [3.8, 4) is 0 Å². The normalized spacial score (nSPS) is 34.2. The maximum Gasteiger partial charge on any atom is 0.0278 e. The van der Waals surface area contributed by atoms with Gasteiger partial charge in [-0.2, -0.15) is 0 Å². The summed E-state index contributed by atoms with van der Waals surface area (Å²) in [6, 6.07) is 0.798. The van der Waals surface area contributed by atoms with Crippen molar-refractivity contribution in [3.05, 3.63) is 0 Å². The molecule has 2 rings (SSSR count). The fraction of sp³-hybridized carbons (Fsp3) is 1.00. The Bertz CT molecular complexity index is 177. The van der Waals surface area contributed by atoms with Gasteiger partial charge in [0.25, 0.3) is 0 Å². The van der Waals surface area contributed by atoms with E-state index in [0.29, 0.717) is 5.54 Å². The summed E-state index contributed by atoms with van der Waals surface area (Å²) < 4.78 is 0. The highest BCUT2D eigenvalue weighted by atomic mass is 15.1. The average molecular weight is 210 g/mol. The molecule has 2 fully saturated rings. The Kier molecular flexibility index (Phi) is 4.04. The molecular formula is C13H26N2. The SMILES string of the molecule is CC1(CNC2CCCCCC2)CCCN1. The molecule has 0 spiro atoms. The highest BCUT2D eigenvalue weighted by Crippen LogP contribution is 2.20. The Morgan fingerprint density at radius 3 is 2.47 bits per heavy atom. The molecule has 0 bridgehead atoms. The van der Waals surface area contributed by atoms with Crippen LogP contribution in [-0.4, -0.2) is 24.7 Å². The Labute approximate surface area is 94.2 Å². The summed E-state index contributed by atoms with van der Waals surface area (Å²) in [6.07, 6.45) is 11.3. The van der Waals surface area contributed by atoms with E-state index >= 15 is 0 Å². The molecule has 0 radical (unpaired) electrons. The maximum absolute atomic E-state index is 3.78. The van der Waals surface area contributed by atoms with Gasteiger partial charge < -0.3 is 10.6 Å². The summed E-state index contributed by atoms with van der Waals surface area (Å²) in [5.74, 6) is 0. The lowest BCUT2D eigenvalue weighted by Gasteiger charge is -2.28. The van der Waals surface area contributed by atoms with E-state index in [9.17, 15) is 0 Å². The summed E-state index contributed by atoms with van der Waals surface area (Å²) in [6.45, 7) is 4.74. The first-order chi connectivity index (χ1) is 7.29. The third-order valence-corrected chi connectivity index (χ3v) is 4.09. The van der Waals surface area contributed by atoms with E-state index < -0.39 is 0 Å². The summed E-state index contributed by atoms with van der Waals surface area (Å²) in [7, 11) is 0. The molecule has 0 amide bonds. The molecule has 2 aliphatic rings. The minimum atomic E-state index is 0.381. The van der Waals surface area contributed by atoms with Crippen molar-refractivity contribution in [2.75, 3.05) is 13.1 Å². The van der Waals surface area contributed by atoms with Gasteiger partial charge in [-0.15, -0.1) is 0 Å². The number of nitrogens with one attached hydrogen (secondary N) is 2. The largest absolute Gasteiger partial charge is 0.312 e. The highest BCUT2D eigenvalue weighted by molar-refractivity contribution is 4.91. The molecule has 1 saturated heterocycles. The molecule has 2 heteroatoms. The predicted octanol–water partition coefficient (Wildman–Crippen LogP) is 2.44. The second kappa shape index (κ2) is 5.31. The van der Waals surface area contributed by atoms with Crippen LogP contribution in [0.5, 0.6) is 0 Å². The molecule has 1 unspecified atom stereocenters. The molecular weight excluding hydrogens is 184 g/mol. The zero-order valence-corrected chi connectivity index (χ0v) is 10.1. The van der Waals surface area contributed by atoms with Crippen LogP contribution in [0.15, 0.2) is 0 Å². The smallest absolute Gasteiger partial charge is 0.0278 e. The standard InChI is InChI=1S/C13H26N2/c1-13(9-6-10-15-13)11-14-12-7-4-2-3-5-8-12/h12,14-15H,2-11H2,1H3. The number of hydrogen-bond donors (Lipinski definition) is 2. The first kappa shape index (κ1) is 11.4. The van der Waals surface area contributed by atoms with Crippen LogP contribution >= 0.6 is 0 Å². The lowest BCUT2D eigenvalue weighted by molar-refractivity contribution is 0.344. The summed E-state index contributed by atoms with van der Waals surface area (Å²) >= 11 is 0. The van der Waals surface area contributed by atoms with Gasteiger partial charge in [-0.25, -0.2) is 0 Å². The van der Waals surface area contributed by atoms with Gasteiger partial charge in [-0.1, -0.05) is 25.7 Å². The van der Waals surface area contributed by atoms with Crippen LogP contribution in [0.1, 0.15) is 58.3 Å². The van der Waals surface area contributed by atoms with Crippen LogP contribution in [-0.2, 0) is 0 Å². The molecule has 0 aromatic heterocycles. The topological polar surface area (TPSA) is 24.1 Å². The molecule has 1 heterocycles. The van der Waals surface area contributed by atoms with Crippen molar-refractivity contribution in [1.82, 2.24) is 10.6 Å². The van der Waals surface area contributed by atoms with Crippen molar-refractivity contribution in [3.63, 3.8) is 0 Å². The number of hydrogen-bond acceptors (Lipinski definition) is 2. The van der Waals surface area contributed by atoms with Crippen LogP contribution in [0.25, 0.3) is 0 Å². The van der Waals surface area contributed by atoms with Crippen molar-refractivity contribution < 1.29 is 0 Å². The highest BCUT2D eigenvalue weighted by Gasteiger charge is 2.28. The van der Waals surface area contributed by atoms with Crippen LogP contribution < -0.4 is 10.6 Å². The van der Waals surface area contributed by atoms with Crippen molar-refractivity contribution in [2.45, 2.75) is 69.9 Å². The van der Waals surface area contributed by atoms with Gasteiger partial charge in [-0.05, 0) is 39.2 Å². The monoisotopic (exact) mass is 210 g/mol. The van der Waals surface area contributed by atoms with E-state index in [1.165, 1.54) is 57.9 Å². The van der Waals surface area contributed by atoms with Gasteiger partial charge in [0.15, 0.2) is 0 Å². The van der Waals surface area contributed by atoms with Crippen LogP contribution in [0.4, 0.5) is 0 Å². The molecule has 15 heavy (non-hydrogen) atoms. The van der Waals surface area contributed by atoms with Crippen molar-refractivity contribution in [2.24, 2.45) is 0 Å². The molecule has 0 aromatic carbocycles. The first-order valence-electron chi connectivity index (χ1n) is 6.77. The molecule has 1 atom stereocenters. The van der Waals surface area contributed by atoms with E-state index in [1.807, 2.05) is 0 Å². The maximum atomic E-state index is 3.78. The van der Waals surface area contributed by atoms with E-state index in [0.717, 1.165) is 12.6 Å². The molecule has 1 aliphatic carbocycles. The van der Waals surface area contributed by atoms with Gasteiger partial charge in [0, 0.05) is 18.1 Å². The van der Waals surface area contributed by atoms with Gasteiger partial charge in [-0.3, -0.25) is 0 Å². The van der Waals surface area contributed by atoms with Gasteiger partial charge in [0.05, 0.1) is 0 Å². The second-order valence-electron chi connectivity index (χ2n) is 5.66. The van der Waals surface area contributed by atoms with E-state index in [1.54, 1.807) is 0 Å². The van der Waals surface area contributed by atoms with E-state index in [-0.39, 0.29) is 0 Å². The molecule has 0 aromatic rings. The second-order valence-corrected chi connectivity index (χ2v) is 5.66. The minimum Gasteiger partial charge on any atom is -0.312 e. The third kappa shape index (κ3) is 3.46. The lowest BCUT2D eigenvalue weighted by Crippen LogP contribution is -2.48. The van der Waals surface area contributed by atoms with Crippen molar-refractivity contribution in [1.29, 1.82) is 0 Å². The molecule has 2 nitrogen and oxygen atoms in total. The molecule has 1 saturated carbocycles. The van der Waals surface area contributed by atoms with E-state index in [2.05, 4.69) is 17.6 Å². The molecule has 88 valence electrons. The zero-order chi connectivity index (χ0) is 10.6. The predicted molar refractivity (Wildman–Crippen MR) is 65.1 cm³/mol. The third-order valence-electron chi connectivity index (χ3n) is 4.09.